The van der Waals surface area contributed by atoms with Crippen molar-refractivity contribution in [2.45, 2.75) is 71.1 Å². The van der Waals surface area contributed by atoms with E-state index in [4.69, 9.17) is 5.73 Å². The van der Waals surface area contributed by atoms with Crippen LogP contribution in [0.5, 0.6) is 0 Å². The van der Waals surface area contributed by atoms with E-state index in [0.717, 1.165) is 25.3 Å². The maximum absolute atomic E-state index is 12.2. The summed E-state index contributed by atoms with van der Waals surface area (Å²) in [5.74, 6) is 1.82. The quantitative estimate of drug-likeness (QED) is 0.812. The molecule has 3 heteroatoms. The van der Waals surface area contributed by atoms with Crippen molar-refractivity contribution in [3.05, 3.63) is 0 Å². The summed E-state index contributed by atoms with van der Waals surface area (Å²) < 4.78 is 0. The third kappa shape index (κ3) is 4.47. The van der Waals surface area contributed by atoms with Crippen molar-refractivity contribution < 1.29 is 4.79 Å². The van der Waals surface area contributed by atoms with Crippen LogP contribution >= 0.6 is 0 Å². The molecule has 3 nitrogen and oxygen atoms in total. The molecule has 3 N–H and O–H groups in total. The molecule has 0 unspecified atom stereocenters. The van der Waals surface area contributed by atoms with Gasteiger partial charge in [-0.2, -0.15) is 0 Å². The van der Waals surface area contributed by atoms with Gasteiger partial charge in [0, 0.05) is 13.0 Å². The number of nitrogens with two attached hydrogens (primary N) is 1. The average Bonchev–Trinajstić information content (AvgIpc) is 2.47. The first-order valence-electron chi connectivity index (χ1n) is 8.60. The summed E-state index contributed by atoms with van der Waals surface area (Å²) in [6.45, 7) is 3.89. The molecule has 2 fully saturated rings. The Morgan fingerprint density at radius 3 is 2.40 bits per heavy atom. The van der Waals surface area contributed by atoms with Crippen LogP contribution in [-0.4, -0.2) is 19.0 Å². The number of hydrogen-bond donors (Lipinski definition) is 2. The molecule has 20 heavy (non-hydrogen) atoms. The minimum Gasteiger partial charge on any atom is -0.356 e. The zero-order chi connectivity index (χ0) is 14.4. The second-order valence-electron chi connectivity index (χ2n) is 7.37. The Kier molecular flexibility index (Phi) is 5.88. The summed E-state index contributed by atoms with van der Waals surface area (Å²) in [7, 11) is 0. The Morgan fingerprint density at radius 1 is 1.15 bits per heavy atom. The first-order chi connectivity index (χ1) is 9.63. The number of rotatable bonds is 5. The van der Waals surface area contributed by atoms with E-state index in [1.807, 2.05) is 0 Å². The topological polar surface area (TPSA) is 55.1 Å². The summed E-state index contributed by atoms with van der Waals surface area (Å²) in [6.07, 6.45) is 11.9. The zero-order valence-electron chi connectivity index (χ0n) is 13.1. The molecule has 2 aliphatic rings. The van der Waals surface area contributed by atoms with E-state index in [1.165, 1.54) is 44.9 Å². The maximum atomic E-state index is 12.2. The Morgan fingerprint density at radius 2 is 1.80 bits per heavy atom. The van der Waals surface area contributed by atoms with Crippen LogP contribution in [0.2, 0.25) is 0 Å². The summed E-state index contributed by atoms with van der Waals surface area (Å²) in [4.78, 5) is 12.2. The summed E-state index contributed by atoms with van der Waals surface area (Å²) in [5.41, 5.74) is 6.06. The molecule has 0 atom stereocenters. The van der Waals surface area contributed by atoms with E-state index >= 15 is 0 Å². The molecule has 1 amide bonds. The maximum Gasteiger partial charge on any atom is 0.220 e. The van der Waals surface area contributed by atoms with Crippen LogP contribution in [-0.2, 0) is 4.79 Å². The van der Waals surface area contributed by atoms with Crippen molar-refractivity contribution >= 4 is 5.91 Å². The van der Waals surface area contributed by atoms with Gasteiger partial charge in [-0.3, -0.25) is 4.79 Å². The van der Waals surface area contributed by atoms with E-state index in [-0.39, 0.29) is 11.3 Å². The van der Waals surface area contributed by atoms with Gasteiger partial charge in [0.1, 0.15) is 0 Å². The zero-order valence-corrected chi connectivity index (χ0v) is 13.1. The number of amides is 1. The standard InChI is InChI=1S/C17H32N2O/c1-14-5-7-15(8-6-14)12-19-16(20)11-17(13-18)9-3-2-4-10-17/h14-15H,2-13,18H2,1H3,(H,19,20). The molecule has 2 rings (SSSR count). The average molecular weight is 280 g/mol. The molecule has 116 valence electrons. The van der Waals surface area contributed by atoms with E-state index in [9.17, 15) is 4.79 Å². The third-order valence-corrected chi connectivity index (χ3v) is 5.61. The van der Waals surface area contributed by atoms with E-state index < -0.39 is 0 Å². The number of nitrogens with one attached hydrogen (secondary N) is 1. The normalized spacial score (nSPS) is 29.9. The van der Waals surface area contributed by atoms with Gasteiger partial charge in [0.15, 0.2) is 0 Å². The molecule has 0 aromatic heterocycles. The van der Waals surface area contributed by atoms with E-state index in [1.54, 1.807) is 0 Å². The molecular weight excluding hydrogens is 248 g/mol. The van der Waals surface area contributed by atoms with Gasteiger partial charge < -0.3 is 11.1 Å². The highest BCUT2D eigenvalue weighted by molar-refractivity contribution is 5.76. The van der Waals surface area contributed by atoms with E-state index in [2.05, 4.69) is 12.2 Å². The highest BCUT2D eigenvalue weighted by Crippen LogP contribution is 2.38. The van der Waals surface area contributed by atoms with Gasteiger partial charge in [0.25, 0.3) is 0 Å². The highest BCUT2D eigenvalue weighted by Gasteiger charge is 2.33. The van der Waals surface area contributed by atoms with Crippen LogP contribution in [0.4, 0.5) is 0 Å². The predicted molar refractivity (Wildman–Crippen MR) is 83.3 cm³/mol. The lowest BCUT2D eigenvalue weighted by Gasteiger charge is -2.36. The van der Waals surface area contributed by atoms with Gasteiger partial charge in [-0.1, -0.05) is 39.0 Å². The Hall–Kier alpha value is -0.570. The van der Waals surface area contributed by atoms with Gasteiger partial charge in [0.05, 0.1) is 0 Å². The van der Waals surface area contributed by atoms with Gasteiger partial charge in [0.2, 0.25) is 5.91 Å². The SMILES string of the molecule is CC1CCC(CNC(=O)CC2(CN)CCCCC2)CC1. The number of hydrogen-bond acceptors (Lipinski definition) is 2. The first kappa shape index (κ1) is 15.8. The summed E-state index contributed by atoms with van der Waals surface area (Å²) in [5, 5.41) is 3.18. The van der Waals surface area contributed by atoms with Crippen molar-refractivity contribution in [1.29, 1.82) is 0 Å². The van der Waals surface area contributed by atoms with Crippen LogP contribution in [0.3, 0.4) is 0 Å². The monoisotopic (exact) mass is 280 g/mol. The molecule has 0 radical (unpaired) electrons. The van der Waals surface area contributed by atoms with Crippen molar-refractivity contribution in [3.8, 4) is 0 Å². The minimum atomic E-state index is 0.101. The molecule has 0 aliphatic heterocycles. The lowest BCUT2D eigenvalue weighted by atomic mass is 9.71. The summed E-state index contributed by atoms with van der Waals surface area (Å²) >= 11 is 0. The molecule has 2 saturated carbocycles. The van der Waals surface area contributed by atoms with Crippen molar-refractivity contribution in [2.75, 3.05) is 13.1 Å². The molecule has 0 aromatic carbocycles. The molecule has 0 heterocycles. The van der Waals surface area contributed by atoms with Gasteiger partial charge in [-0.25, -0.2) is 0 Å². The van der Waals surface area contributed by atoms with Crippen LogP contribution in [0.25, 0.3) is 0 Å². The fourth-order valence-corrected chi connectivity index (χ4v) is 3.95. The number of carbonyl (C=O) groups excluding carboxylic acids is 1. The molecule has 0 aromatic rings. The van der Waals surface area contributed by atoms with Crippen LogP contribution in [0, 0.1) is 17.3 Å². The highest BCUT2D eigenvalue weighted by atomic mass is 16.1. The summed E-state index contributed by atoms with van der Waals surface area (Å²) in [6, 6.07) is 0. The minimum absolute atomic E-state index is 0.101. The van der Waals surface area contributed by atoms with Crippen LogP contribution < -0.4 is 11.1 Å². The lowest BCUT2D eigenvalue weighted by molar-refractivity contribution is -0.124. The molecule has 0 spiro atoms. The molecule has 0 saturated heterocycles. The Bertz CT molecular complexity index is 302. The molecule has 0 bridgehead atoms. The second kappa shape index (κ2) is 7.44. The van der Waals surface area contributed by atoms with E-state index in [0.29, 0.717) is 18.9 Å². The van der Waals surface area contributed by atoms with Gasteiger partial charge in [-0.05, 0) is 49.5 Å². The molecule has 2 aliphatic carbocycles. The molecular formula is C17H32N2O. The van der Waals surface area contributed by atoms with Crippen molar-refractivity contribution in [3.63, 3.8) is 0 Å². The predicted octanol–water partition coefficient (Wildman–Crippen LogP) is 3.23. The lowest BCUT2D eigenvalue weighted by Crippen LogP contribution is -2.40. The number of carbonyl (C=O) groups is 1. The second-order valence-corrected chi connectivity index (χ2v) is 7.37. The fourth-order valence-electron chi connectivity index (χ4n) is 3.95. The smallest absolute Gasteiger partial charge is 0.220 e. The van der Waals surface area contributed by atoms with Gasteiger partial charge >= 0.3 is 0 Å². The van der Waals surface area contributed by atoms with Crippen LogP contribution in [0.1, 0.15) is 71.1 Å². The fraction of sp³-hybridized carbons (Fsp3) is 0.941. The Balaban J connectivity index is 1.71. The van der Waals surface area contributed by atoms with Crippen molar-refractivity contribution in [1.82, 2.24) is 5.32 Å². The first-order valence-corrected chi connectivity index (χ1v) is 8.60. The van der Waals surface area contributed by atoms with Gasteiger partial charge in [-0.15, -0.1) is 0 Å². The largest absolute Gasteiger partial charge is 0.356 e. The van der Waals surface area contributed by atoms with Crippen LogP contribution in [0.15, 0.2) is 0 Å². The van der Waals surface area contributed by atoms with Crippen molar-refractivity contribution in [2.24, 2.45) is 23.0 Å². The third-order valence-electron chi connectivity index (χ3n) is 5.61. The Labute approximate surface area is 124 Å².